The van der Waals surface area contributed by atoms with Crippen molar-refractivity contribution in [2.24, 2.45) is 0 Å². The molecule has 0 unspecified atom stereocenters. The number of carbonyl (C=O) groups excluding carboxylic acids is 1. The van der Waals surface area contributed by atoms with Crippen LogP contribution < -0.4 is 10.2 Å². The molecule has 0 aliphatic carbocycles. The zero-order valence-corrected chi connectivity index (χ0v) is 19.9. The van der Waals surface area contributed by atoms with Gasteiger partial charge >= 0.3 is 6.03 Å². The van der Waals surface area contributed by atoms with Gasteiger partial charge in [-0.05, 0) is 49.7 Å². The third-order valence-electron chi connectivity index (χ3n) is 5.61. The smallest absolute Gasteiger partial charge is 0.322 e. The molecular formula is C24H24Cl2FN5O. The summed E-state index contributed by atoms with van der Waals surface area (Å²) in [5, 5.41) is 3.75. The van der Waals surface area contributed by atoms with E-state index in [4.69, 9.17) is 28.2 Å². The van der Waals surface area contributed by atoms with Crippen LogP contribution in [0.15, 0.2) is 42.5 Å². The van der Waals surface area contributed by atoms with E-state index < -0.39 is 0 Å². The van der Waals surface area contributed by atoms with E-state index in [1.54, 1.807) is 29.2 Å². The molecule has 4 rings (SSSR count). The second kappa shape index (κ2) is 9.93. The van der Waals surface area contributed by atoms with E-state index in [1.807, 2.05) is 19.9 Å². The van der Waals surface area contributed by atoms with Crippen molar-refractivity contribution in [2.45, 2.75) is 20.3 Å². The average Bonchev–Trinajstić information content (AvgIpc) is 2.77. The van der Waals surface area contributed by atoms with Crippen LogP contribution in [0, 0.1) is 19.7 Å². The molecule has 2 aromatic carbocycles. The van der Waals surface area contributed by atoms with Crippen molar-refractivity contribution in [2.75, 3.05) is 36.4 Å². The van der Waals surface area contributed by atoms with E-state index in [0.29, 0.717) is 54.2 Å². The van der Waals surface area contributed by atoms with Gasteiger partial charge in [0.2, 0.25) is 0 Å². The quantitative estimate of drug-likeness (QED) is 0.528. The highest BCUT2D eigenvalue weighted by Crippen LogP contribution is 2.27. The zero-order chi connectivity index (χ0) is 23.5. The molecule has 1 aliphatic heterocycles. The molecule has 1 aliphatic rings. The first kappa shape index (κ1) is 23.3. The molecule has 1 aromatic heterocycles. The van der Waals surface area contributed by atoms with Gasteiger partial charge in [0.05, 0.1) is 10.7 Å². The Bertz CT molecular complexity index is 1180. The Kier molecular flexibility index (Phi) is 7.00. The lowest BCUT2D eigenvalue weighted by Gasteiger charge is -2.36. The molecule has 0 saturated carbocycles. The summed E-state index contributed by atoms with van der Waals surface area (Å²) in [6, 6.07) is 11.3. The number of benzene rings is 2. The lowest BCUT2D eigenvalue weighted by Crippen LogP contribution is -2.50. The van der Waals surface area contributed by atoms with Crippen molar-refractivity contribution in [3.63, 3.8) is 0 Å². The van der Waals surface area contributed by atoms with Crippen LogP contribution in [0.4, 0.5) is 20.7 Å². The number of nitrogens with zero attached hydrogens (tertiary/aromatic N) is 4. The van der Waals surface area contributed by atoms with Crippen LogP contribution in [0.1, 0.15) is 22.6 Å². The maximum atomic E-state index is 13.7. The third-order valence-corrected chi connectivity index (χ3v) is 6.16. The molecule has 172 valence electrons. The Morgan fingerprint density at radius 1 is 1.06 bits per heavy atom. The molecule has 2 heterocycles. The summed E-state index contributed by atoms with van der Waals surface area (Å²) in [4.78, 5) is 25.9. The van der Waals surface area contributed by atoms with Crippen molar-refractivity contribution in [1.29, 1.82) is 0 Å². The summed E-state index contributed by atoms with van der Waals surface area (Å²) in [7, 11) is 0. The van der Waals surface area contributed by atoms with Gasteiger partial charge in [-0.2, -0.15) is 0 Å². The van der Waals surface area contributed by atoms with Crippen LogP contribution in [0.25, 0.3) is 0 Å². The molecule has 33 heavy (non-hydrogen) atoms. The maximum Gasteiger partial charge on any atom is 0.322 e. The second-order valence-corrected chi connectivity index (χ2v) is 8.84. The molecule has 3 aromatic rings. The van der Waals surface area contributed by atoms with Crippen LogP contribution in [-0.4, -0.2) is 47.1 Å². The van der Waals surface area contributed by atoms with E-state index >= 15 is 0 Å². The molecular weight excluding hydrogens is 464 g/mol. The van der Waals surface area contributed by atoms with Crippen LogP contribution in [0.3, 0.4) is 0 Å². The number of hydrogen-bond donors (Lipinski definition) is 1. The fourth-order valence-electron chi connectivity index (χ4n) is 3.94. The Morgan fingerprint density at radius 2 is 1.82 bits per heavy atom. The SMILES string of the molecule is Cc1nc(C)c(Cc2cccc(F)c2)c(N2CCN(C(=O)Nc3ccc(Cl)cc3Cl)CC2)n1. The van der Waals surface area contributed by atoms with Crippen LogP contribution in [-0.2, 0) is 6.42 Å². The number of hydrogen-bond acceptors (Lipinski definition) is 4. The van der Waals surface area contributed by atoms with Crippen molar-refractivity contribution in [3.05, 3.63) is 81.0 Å². The Morgan fingerprint density at radius 3 is 2.52 bits per heavy atom. The van der Waals surface area contributed by atoms with Gasteiger partial charge in [0, 0.05) is 48.9 Å². The molecule has 0 bridgehead atoms. The van der Waals surface area contributed by atoms with Crippen molar-refractivity contribution < 1.29 is 9.18 Å². The molecule has 0 radical (unpaired) electrons. The van der Waals surface area contributed by atoms with Gasteiger partial charge < -0.3 is 15.1 Å². The van der Waals surface area contributed by atoms with Crippen molar-refractivity contribution in [3.8, 4) is 0 Å². The predicted molar refractivity (Wildman–Crippen MR) is 130 cm³/mol. The highest BCUT2D eigenvalue weighted by Gasteiger charge is 2.25. The number of carbonyl (C=O) groups is 1. The first-order valence-corrected chi connectivity index (χ1v) is 11.4. The van der Waals surface area contributed by atoms with Gasteiger partial charge in [0.1, 0.15) is 17.5 Å². The number of amides is 2. The molecule has 1 fully saturated rings. The molecule has 6 nitrogen and oxygen atoms in total. The van der Waals surface area contributed by atoms with Gasteiger partial charge in [0.15, 0.2) is 0 Å². The third kappa shape index (κ3) is 5.54. The fourth-order valence-corrected chi connectivity index (χ4v) is 4.40. The van der Waals surface area contributed by atoms with E-state index in [1.165, 1.54) is 12.1 Å². The van der Waals surface area contributed by atoms with Gasteiger partial charge in [0.25, 0.3) is 0 Å². The minimum atomic E-state index is -0.264. The Labute approximate surface area is 202 Å². The maximum absolute atomic E-state index is 13.7. The summed E-state index contributed by atoms with van der Waals surface area (Å²) >= 11 is 12.1. The number of aromatic nitrogens is 2. The molecule has 1 N–H and O–H groups in total. The average molecular weight is 488 g/mol. The first-order valence-electron chi connectivity index (χ1n) is 10.6. The lowest BCUT2D eigenvalue weighted by atomic mass is 10.0. The van der Waals surface area contributed by atoms with E-state index in [9.17, 15) is 9.18 Å². The van der Waals surface area contributed by atoms with E-state index in [2.05, 4.69) is 15.2 Å². The lowest BCUT2D eigenvalue weighted by molar-refractivity contribution is 0.208. The van der Waals surface area contributed by atoms with Crippen molar-refractivity contribution in [1.82, 2.24) is 14.9 Å². The number of nitrogens with one attached hydrogen (secondary N) is 1. The molecule has 9 heteroatoms. The minimum absolute atomic E-state index is 0.214. The fraction of sp³-hybridized carbons (Fsp3) is 0.292. The van der Waals surface area contributed by atoms with Gasteiger partial charge in [-0.1, -0.05) is 35.3 Å². The van der Waals surface area contributed by atoms with Gasteiger partial charge in [-0.3, -0.25) is 0 Å². The Balaban J connectivity index is 1.47. The van der Waals surface area contributed by atoms with Crippen LogP contribution >= 0.6 is 23.2 Å². The number of aryl methyl sites for hydroxylation is 2. The van der Waals surface area contributed by atoms with E-state index in [0.717, 1.165) is 22.6 Å². The Hall–Kier alpha value is -2.90. The summed E-state index contributed by atoms with van der Waals surface area (Å²) in [5.74, 6) is 1.26. The largest absolute Gasteiger partial charge is 0.353 e. The van der Waals surface area contributed by atoms with Crippen LogP contribution in [0.2, 0.25) is 10.0 Å². The predicted octanol–water partition coefficient (Wildman–Crippen LogP) is 5.48. The number of piperazine rings is 1. The van der Waals surface area contributed by atoms with Gasteiger partial charge in [-0.25, -0.2) is 19.2 Å². The van der Waals surface area contributed by atoms with Gasteiger partial charge in [-0.15, -0.1) is 0 Å². The summed E-state index contributed by atoms with van der Waals surface area (Å²) < 4.78 is 13.7. The summed E-state index contributed by atoms with van der Waals surface area (Å²) in [6.45, 7) is 6.10. The number of anilines is 2. The number of rotatable bonds is 4. The summed E-state index contributed by atoms with van der Waals surface area (Å²) in [6.07, 6.45) is 0.537. The topological polar surface area (TPSA) is 61.4 Å². The monoisotopic (exact) mass is 487 g/mol. The molecule has 0 atom stereocenters. The normalized spacial score (nSPS) is 13.8. The number of urea groups is 1. The minimum Gasteiger partial charge on any atom is -0.353 e. The first-order chi connectivity index (χ1) is 15.8. The van der Waals surface area contributed by atoms with Crippen molar-refractivity contribution >= 4 is 40.7 Å². The standard InChI is InChI=1S/C24H24Cl2FN5O/c1-15-20(13-17-4-3-5-19(27)12-17)23(29-16(2)28-15)31-8-10-32(11-9-31)24(33)30-22-7-6-18(25)14-21(22)26/h3-7,12,14H,8-11,13H2,1-2H3,(H,30,33). The second-order valence-electron chi connectivity index (χ2n) is 7.99. The van der Waals surface area contributed by atoms with E-state index in [-0.39, 0.29) is 11.8 Å². The number of halogens is 3. The molecule has 2 amide bonds. The molecule has 1 saturated heterocycles. The highest BCUT2D eigenvalue weighted by atomic mass is 35.5. The zero-order valence-electron chi connectivity index (χ0n) is 18.4. The van der Waals surface area contributed by atoms with Crippen LogP contribution in [0.5, 0.6) is 0 Å². The summed E-state index contributed by atoms with van der Waals surface area (Å²) in [5.41, 5.74) is 3.23. The highest BCUT2D eigenvalue weighted by molar-refractivity contribution is 6.36. The molecule has 0 spiro atoms.